The maximum Gasteiger partial charge on any atom is 0.506 e. The van der Waals surface area contributed by atoms with Gasteiger partial charge in [0.05, 0.1) is 17.1 Å². The number of fused-ring (bicyclic) bond motifs is 2. The van der Waals surface area contributed by atoms with Crippen LogP contribution < -0.4 is 14.8 Å². The molecule has 1 unspecified atom stereocenters. The highest BCUT2D eigenvalue weighted by atomic mass is 35.5. The molecule has 36 heavy (non-hydrogen) atoms. The van der Waals surface area contributed by atoms with E-state index in [1.807, 2.05) is 37.3 Å². The Hall–Kier alpha value is -4.30. The van der Waals surface area contributed by atoms with E-state index >= 15 is 0 Å². The SMILES string of the molecule is Cc1cc2ccccc2nc1NC(=O)c1ccc(Oc2cc3c(cc2Cl)C(OC(=O)O)CCO3)cc1. The zero-order chi connectivity index (χ0) is 25.2. The number of pyridine rings is 1. The van der Waals surface area contributed by atoms with E-state index in [-0.39, 0.29) is 10.9 Å². The molecule has 1 aliphatic rings. The second-order valence-electron chi connectivity index (χ2n) is 8.26. The van der Waals surface area contributed by atoms with Crippen LogP contribution in [0.4, 0.5) is 10.6 Å². The van der Waals surface area contributed by atoms with Crippen molar-refractivity contribution >= 4 is 40.4 Å². The first-order chi connectivity index (χ1) is 17.4. The summed E-state index contributed by atoms with van der Waals surface area (Å²) in [5.41, 5.74) is 2.65. The number of benzene rings is 3. The van der Waals surface area contributed by atoms with E-state index in [4.69, 9.17) is 30.9 Å². The van der Waals surface area contributed by atoms with Gasteiger partial charge in [-0.3, -0.25) is 4.79 Å². The summed E-state index contributed by atoms with van der Waals surface area (Å²) in [5, 5.41) is 13.1. The average molecular weight is 505 g/mol. The molecule has 0 aliphatic carbocycles. The molecule has 0 fully saturated rings. The minimum atomic E-state index is -1.36. The third-order valence-electron chi connectivity index (χ3n) is 5.78. The van der Waals surface area contributed by atoms with Gasteiger partial charge in [-0.25, -0.2) is 9.78 Å². The van der Waals surface area contributed by atoms with Crippen molar-refractivity contribution in [3.05, 3.63) is 88.4 Å². The molecular weight excluding hydrogens is 484 g/mol. The first-order valence-corrected chi connectivity index (χ1v) is 11.6. The third-order valence-corrected chi connectivity index (χ3v) is 6.08. The molecule has 5 rings (SSSR count). The van der Waals surface area contributed by atoms with Gasteiger partial charge in [-0.15, -0.1) is 0 Å². The normalized spacial score (nSPS) is 14.4. The molecule has 4 aromatic rings. The van der Waals surface area contributed by atoms with Gasteiger partial charge in [0, 0.05) is 29.0 Å². The van der Waals surface area contributed by atoms with Crippen molar-refractivity contribution in [2.75, 3.05) is 11.9 Å². The summed E-state index contributed by atoms with van der Waals surface area (Å²) in [6.45, 7) is 2.20. The second kappa shape index (κ2) is 9.75. The molecule has 0 saturated carbocycles. The van der Waals surface area contributed by atoms with Crippen LogP contribution in [0.3, 0.4) is 0 Å². The molecule has 182 valence electrons. The summed E-state index contributed by atoms with van der Waals surface area (Å²) in [7, 11) is 0. The predicted octanol–water partition coefficient (Wildman–Crippen LogP) is 6.76. The number of para-hydroxylation sites is 1. The number of hydrogen-bond acceptors (Lipinski definition) is 6. The largest absolute Gasteiger partial charge is 0.506 e. The van der Waals surface area contributed by atoms with E-state index in [9.17, 15) is 9.59 Å². The number of carboxylic acid groups (broad SMARTS) is 1. The topological polar surface area (TPSA) is 107 Å². The predicted molar refractivity (Wildman–Crippen MR) is 134 cm³/mol. The molecule has 0 spiro atoms. The fourth-order valence-corrected chi connectivity index (χ4v) is 4.22. The van der Waals surface area contributed by atoms with E-state index in [1.54, 1.807) is 36.4 Å². The molecular formula is C27H21ClN2O6. The highest BCUT2D eigenvalue weighted by Gasteiger charge is 2.27. The Balaban J connectivity index is 1.30. The molecule has 3 aromatic carbocycles. The lowest BCUT2D eigenvalue weighted by Crippen LogP contribution is -2.18. The molecule has 9 heteroatoms. The monoisotopic (exact) mass is 504 g/mol. The smallest absolute Gasteiger partial charge is 0.493 e. The van der Waals surface area contributed by atoms with Gasteiger partial charge in [0.15, 0.2) is 0 Å². The summed E-state index contributed by atoms with van der Waals surface area (Å²) in [5.74, 6) is 1.45. The summed E-state index contributed by atoms with van der Waals surface area (Å²) in [4.78, 5) is 28.3. The zero-order valence-electron chi connectivity index (χ0n) is 19.2. The molecule has 0 saturated heterocycles. The number of ether oxygens (including phenoxy) is 3. The number of carbonyl (C=O) groups is 2. The van der Waals surface area contributed by atoms with Gasteiger partial charge in [0.1, 0.15) is 29.2 Å². The lowest BCUT2D eigenvalue weighted by Gasteiger charge is -2.25. The molecule has 2 N–H and O–H groups in total. The van der Waals surface area contributed by atoms with Gasteiger partial charge in [0.2, 0.25) is 0 Å². The Bertz CT molecular complexity index is 1470. The number of aryl methyl sites for hydroxylation is 1. The van der Waals surface area contributed by atoms with E-state index in [1.165, 1.54) is 0 Å². The van der Waals surface area contributed by atoms with Crippen LogP contribution in [0.1, 0.15) is 34.0 Å². The van der Waals surface area contributed by atoms with Crippen LogP contribution in [0.2, 0.25) is 5.02 Å². The van der Waals surface area contributed by atoms with Gasteiger partial charge in [-0.05, 0) is 55.0 Å². The molecule has 1 amide bonds. The quantitative estimate of drug-likeness (QED) is 0.289. The third kappa shape index (κ3) is 4.89. The van der Waals surface area contributed by atoms with Crippen molar-refractivity contribution < 1.29 is 28.9 Å². The van der Waals surface area contributed by atoms with Crippen LogP contribution in [0.5, 0.6) is 17.2 Å². The van der Waals surface area contributed by atoms with Crippen molar-refractivity contribution in [3.8, 4) is 17.2 Å². The Labute approximate surface area is 211 Å². The number of halogens is 1. The summed E-state index contributed by atoms with van der Waals surface area (Å²) in [6, 6.07) is 19.5. The van der Waals surface area contributed by atoms with Crippen LogP contribution in [-0.2, 0) is 4.74 Å². The first-order valence-electron chi connectivity index (χ1n) is 11.2. The number of rotatable bonds is 5. The van der Waals surface area contributed by atoms with Crippen LogP contribution >= 0.6 is 11.6 Å². The van der Waals surface area contributed by atoms with Crippen molar-refractivity contribution in [2.24, 2.45) is 0 Å². The van der Waals surface area contributed by atoms with Crippen LogP contribution in [-0.4, -0.2) is 28.8 Å². The second-order valence-corrected chi connectivity index (χ2v) is 8.66. The van der Waals surface area contributed by atoms with Gasteiger partial charge < -0.3 is 24.6 Å². The highest BCUT2D eigenvalue weighted by Crippen LogP contribution is 2.42. The number of amides is 1. The van der Waals surface area contributed by atoms with Gasteiger partial charge in [0.25, 0.3) is 5.91 Å². The minimum Gasteiger partial charge on any atom is -0.493 e. The van der Waals surface area contributed by atoms with Crippen LogP contribution in [0, 0.1) is 6.92 Å². The Morgan fingerprint density at radius 2 is 1.89 bits per heavy atom. The summed E-state index contributed by atoms with van der Waals surface area (Å²) >= 11 is 6.39. The Morgan fingerprint density at radius 3 is 2.67 bits per heavy atom. The average Bonchev–Trinajstić information content (AvgIpc) is 2.85. The van der Waals surface area contributed by atoms with Gasteiger partial charge in [-0.2, -0.15) is 0 Å². The molecule has 1 aliphatic heterocycles. The Morgan fingerprint density at radius 1 is 1.11 bits per heavy atom. The van der Waals surface area contributed by atoms with Gasteiger partial charge in [-0.1, -0.05) is 29.8 Å². The van der Waals surface area contributed by atoms with Crippen molar-refractivity contribution in [3.63, 3.8) is 0 Å². The van der Waals surface area contributed by atoms with Crippen molar-refractivity contribution in [1.29, 1.82) is 0 Å². The fraction of sp³-hybridized carbons (Fsp3) is 0.148. The molecule has 8 nitrogen and oxygen atoms in total. The summed E-state index contributed by atoms with van der Waals surface area (Å²) in [6.07, 6.45) is -1.62. The zero-order valence-corrected chi connectivity index (χ0v) is 19.9. The first kappa shape index (κ1) is 23.4. The maximum atomic E-state index is 12.8. The molecule has 1 atom stereocenters. The highest BCUT2D eigenvalue weighted by molar-refractivity contribution is 6.32. The minimum absolute atomic E-state index is 0.276. The molecule has 1 aromatic heterocycles. The number of nitrogens with zero attached hydrogens (tertiary/aromatic N) is 1. The van der Waals surface area contributed by atoms with Crippen molar-refractivity contribution in [1.82, 2.24) is 4.98 Å². The Kier molecular flexibility index (Phi) is 6.35. The molecule has 0 bridgehead atoms. The van der Waals surface area contributed by atoms with E-state index in [2.05, 4.69) is 10.3 Å². The number of aromatic nitrogens is 1. The van der Waals surface area contributed by atoms with Crippen molar-refractivity contribution in [2.45, 2.75) is 19.4 Å². The van der Waals surface area contributed by atoms with Crippen LogP contribution in [0.15, 0.2) is 66.7 Å². The number of carbonyl (C=O) groups excluding carboxylic acids is 1. The maximum absolute atomic E-state index is 12.8. The van der Waals surface area contributed by atoms with E-state index in [0.29, 0.717) is 47.2 Å². The fourth-order valence-electron chi connectivity index (χ4n) is 4.01. The van der Waals surface area contributed by atoms with E-state index in [0.717, 1.165) is 16.5 Å². The van der Waals surface area contributed by atoms with Gasteiger partial charge >= 0.3 is 6.16 Å². The summed E-state index contributed by atoms with van der Waals surface area (Å²) < 4.78 is 16.5. The molecule has 2 heterocycles. The lowest BCUT2D eigenvalue weighted by molar-refractivity contribution is 0.0326. The number of hydrogen-bond donors (Lipinski definition) is 2. The molecule has 0 radical (unpaired) electrons. The standard InChI is InChI=1S/C27H21ClN2O6/c1-15-12-17-4-2-3-5-21(17)29-25(15)30-26(31)16-6-8-18(9-7-16)35-24-14-23-19(13-20(24)28)22(10-11-34-23)36-27(32)33/h2-9,12-14,22H,10-11H2,1H3,(H,32,33)(H,29,30,31). The lowest BCUT2D eigenvalue weighted by atomic mass is 10.0. The number of nitrogens with one attached hydrogen (secondary N) is 1. The number of anilines is 1. The van der Waals surface area contributed by atoms with E-state index < -0.39 is 12.3 Å². The van der Waals surface area contributed by atoms with Crippen LogP contribution in [0.25, 0.3) is 10.9 Å².